The number of fused-ring (bicyclic) bond motifs is 3. The Morgan fingerprint density at radius 1 is 1.00 bits per heavy atom. The standard InChI is InChI=1S/C12H8BO2S.CH4/c14-13-15-9-5-3-7-11-12(9)8-4-1-2-6-10(8)16-11;/h1-7,14H;1H4. The van der Waals surface area contributed by atoms with Crippen molar-refractivity contribution in [2.45, 2.75) is 7.43 Å². The van der Waals surface area contributed by atoms with Crippen LogP contribution in [0.15, 0.2) is 42.5 Å². The average molecular weight is 243 g/mol. The van der Waals surface area contributed by atoms with E-state index in [9.17, 15) is 0 Å². The zero-order chi connectivity index (χ0) is 11.0. The van der Waals surface area contributed by atoms with Crippen molar-refractivity contribution in [3.63, 3.8) is 0 Å². The molecule has 0 aliphatic carbocycles. The van der Waals surface area contributed by atoms with E-state index in [0.717, 1.165) is 13.1 Å². The highest BCUT2D eigenvalue weighted by atomic mass is 32.1. The van der Waals surface area contributed by atoms with Crippen LogP contribution in [0.2, 0.25) is 0 Å². The maximum absolute atomic E-state index is 8.74. The van der Waals surface area contributed by atoms with Crippen LogP contribution < -0.4 is 4.65 Å². The molecule has 0 amide bonds. The summed E-state index contributed by atoms with van der Waals surface area (Å²) < 4.78 is 7.52. The molecule has 0 fully saturated rings. The van der Waals surface area contributed by atoms with Gasteiger partial charge in [0.15, 0.2) is 0 Å². The number of benzene rings is 2. The Hall–Kier alpha value is -1.52. The first-order chi connectivity index (χ1) is 7.90. The average Bonchev–Trinajstić information content (AvgIpc) is 2.68. The predicted octanol–water partition coefficient (Wildman–Crippen LogP) is 3.60. The van der Waals surface area contributed by atoms with E-state index < -0.39 is 0 Å². The number of hydrogen-bond acceptors (Lipinski definition) is 3. The Morgan fingerprint density at radius 2 is 1.76 bits per heavy atom. The highest BCUT2D eigenvalue weighted by molar-refractivity contribution is 7.25. The topological polar surface area (TPSA) is 29.5 Å². The van der Waals surface area contributed by atoms with Crippen LogP contribution in [-0.2, 0) is 0 Å². The Balaban J connectivity index is 0.00000108. The first-order valence-electron chi connectivity index (χ1n) is 4.93. The van der Waals surface area contributed by atoms with E-state index in [-0.39, 0.29) is 7.43 Å². The van der Waals surface area contributed by atoms with Gasteiger partial charge in [0.2, 0.25) is 0 Å². The van der Waals surface area contributed by atoms with Gasteiger partial charge in [-0.05, 0) is 18.2 Å². The fourth-order valence-electron chi connectivity index (χ4n) is 1.90. The maximum atomic E-state index is 8.74. The number of rotatable bonds is 2. The third-order valence-corrected chi connectivity index (χ3v) is 3.68. The molecule has 1 aromatic heterocycles. The monoisotopic (exact) mass is 243 g/mol. The molecule has 0 aliphatic heterocycles. The first-order valence-corrected chi connectivity index (χ1v) is 5.74. The quantitative estimate of drug-likeness (QED) is 0.697. The molecule has 3 aromatic rings. The summed E-state index contributed by atoms with van der Waals surface area (Å²) in [7, 11) is 0.723. The van der Waals surface area contributed by atoms with Gasteiger partial charge in [-0.1, -0.05) is 31.7 Å². The van der Waals surface area contributed by atoms with Gasteiger partial charge in [-0.15, -0.1) is 11.3 Å². The SMILES string of the molecule is C.O[B]Oc1cccc2sc3ccccc3c12. The Morgan fingerprint density at radius 3 is 2.59 bits per heavy atom. The van der Waals surface area contributed by atoms with Crippen molar-refractivity contribution in [3.8, 4) is 5.75 Å². The Labute approximate surface area is 105 Å². The van der Waals surface area contributed by atoms with E-state index in [4.69, 9.17) is 9.68 Å². The number of thiophene rings is 1. The molecule has 17 heavy (non-hydrogen) atoms. The van der Waals surface area contributed by atoms with Gasteiger partial charge in [0, 0.05) is 20.2 Å². The summed E-state index contributed by atoms with van der Waals surface area (Å²) in [5.41, 5.74) is 0. The molecule has 4 heteroatoms. The van der Waals surface area contributed by atoms with Crippen molar-refractivity contribution < 1.29 is 9.68 Å². The van der Waals surface area contributed by atoms with Gasteiger partial charge in [-0.2, -0.15) is 0 Å². The predicted molar refractivity (Wildman–Crippen MR) is 74.7 cm³/mol. The van der Waals surface area contributed by atoms with Gasteiger partial charge >= 0.3 is 7.69 Å². The fourth-order valence-corrected chi connectivity index (χ4v) is 3.02. The first kappa shape index (κ1) is 12.0. The molecule has 1 heterocycles. The minimum atomic E-state index is 0. The van der Waals surface area contributed by atoms with E-state index in [1.807, 2.05) is 24.3 Å². The van der Waals surface area contributed by atoms with Crippen molar-refractivity contribution >= 4 is 39.2 Å². The van der Waals surface area contributed by atoms with Crippen LogP contribution in [-0.4, -0.2) is 12.7 Å². The molecule has 2 nitrogen and oxygen atoms in total. The van der Waals surface area contributed by atoms with Gasteiger partial charge < -0.3 is 9.68 Å². The molecule has 0 saturated heterocycles. The van der Waals surface area contributed by atoms with E-state index in [2.05, 4.69) is 18.2 Å². The smallest absolute Gasteiger partial charge is 0.537 e. The molecular formula is C13H12BO2S. The van der Waals surface area contributed by atoms with Crippen LogP contribution in [0, 0.1) is 0 Å². The van der Waals surface area contributed by atoms with E-state index >= 15 is 0 Å². The van der Waals surface area contributed by atoms with Gasteiger partial charge in [0.05, 0.1) is 0 Å². The normalized spacial score (nSPS) is 10.2. The van der Waals surface area contributed by atoms with Crippen molar-refractivity contribution in [3.05, 3.63) is 42.5 Å². The lowest BCUT2D eigenvalue weighted by molar-refractivity contribution is 0.457. The molecule has 1 N–H and O–H groups in total. The lowest BCUT2D eigenvalue weighted by Gasteiger charge is -2.03. The third kappa shape index (κ3) is 1.90. The van der Waals surface area contributed by atoms with Gasteiger partial charge in [-0.25, -0.2) is 0 Å². The summed E-state index contributed by atoms with van der Waals surface area (Å²) in [6.07, 6.45) is 0. The summed E-state index contributed by atoms with van der Waals surface area (Å²) in [5.74, 6) is 0.692. The molecule has 0 atom stereocenters. The maximum Gasteiger partial charge on any atom is 0.569 e. The molecule has 0 bridgehead atoms. The summed E-state index contributed by atoms with van der Waals surface area (Å²) in [5, 5.41) is 11.0. The highest BCUT2D eigenvalue weighted by Gasteiger charge is 2.09. The number of hydrogen-bond donors (Lipinski definition) is 1. The second-order valence-electron chi connectivity index (χ2n) is 3.45. The summed E-state index contributed by atoms with van der Waals surface area (Å²) in [4.78, 5) is 0. The van der Waals surface area contributed by atoms with Crippen LogP contribution in [0.5, 0.6) is 5.75 Å². The van der Waals surface area contributed by atoms with Gasteiger partial charge in [-0.3, -0.25) is 0 Å². The van der Waals surface area contributed by atoms with Crippen molar-refractivity contribution in [1.82, 2.24) is 0 Å². The minimum Gasteiger partial charge on any atom is -0.537 e. The molecule has 0 saturated carbocycles. The largest absolute Gasteiger partial charge is 0.569 e. The molecule has 2 aromatic carbocycles. The van der Waals surface area contributed by atoms with Crippen LogP contribution in [0.1, 0.15) is 7.43 Å². The van der Waals surface area contributed by atoms with Crippen molar-refractivity contribution in [1.29, 1.82) is 0 Å². The molecule has 0 aliphatic rings. The van der Waals surface area contributed by atoms with Crippen molar-refractivity contribution in [2.24, 2.45) is 0 Å². The highest BCUT2D eigenvalue weighted by Crippen LogP contribution is 2.38. The second kappa shape index (κ2) is 4.78. The molecule has 0 spiro atoms. The van der Waals surface area contributed by atoms with Crippen LogP contribution in [0.25, 0.3) is 20.2 Å². The zero-order valence-corrected chi connectivity index (χ0v) is 9.20. The molecular weight excluding hydrogens is 231 g/mol. The molecule has 85 valence electrons. The van der Waals surface area contributed by atoms with Crippen LogP contribution in [0.4, 0.5) is 0 Å². The summed E-state index contributed by atoms with van der Waals surface area (Å²) in [6, 6.07) is 14.0. The van der Waals surface area contributed by atoms with Crippen molar-refractivity contribution in [2.75, 3.05) is 0 Å². The van der Waals surface area contributed by atoms with E-state index in [1.165, 1.54) is 14.8 Å². The van der Waals surface area contributed by atoms with Crippen LogP contribution in [0.3, 0.4) is 0 Å². The Bertz CT molecular complexity index is 648. The molecule has 3 rings (SSSR count). The van der Waals surface area contributed by atoms with Gasteiger partial charge in [0.1, 0.15) is 5.75 Å². The second-order valence-corrected chi connectivity index (χ2v) is 4.53. The fraction of sp³-hybridized carbons (Fsp3) is 0.0769. The minimum absolute atomic E-state index is 0. The third-order valence-electron chi connectivity index (χ3n) is 2.54. The van der Waals surface area contributed by atoms with Crippen LogP contribution >= 0.6 is 11.3 Å². The zero-order valence-electron chi connectivity index (χ0n) is 8.38. The Kier molecular flexibility index (Phi) is 3.36. The van der Waals surface area contributed by atoms with E-state index in [1.54, 1.807) is 11.3 Å². The lowest BCUT2D eigenvalue weighted by atomic mass is 10.1. The lowest BCUT2D eigenvalue weighted by Crippen LogP contribution is -1.99. The molecule has 0 unspecified atom stereocenters. The summed E-state index contributed by atoms with van der Waals surface area (Å²) in [6.45, 7) is 0. The summed E-state index contributed by atoms with van der Waals surface area (Å²) >= 11 is 1.73. The molecule has 1 radical (unpaired) electrons. The van der Waals surface area contributed by atoms with E-state index in [0.29, 0.717) is 5.75 Å². The van der Waals surface area contributed by atoms with Gasteiger partial charge in [0.25, 0.3) is 0 Å².